The molecule has 31 heavy (non-hydrogen) atoms. The van der Waals surface area contributed by atoms with Crippen molar-refractivity contribution in [1.29, 1.82) is 0 Å². The van der Waals surface area contributed by atoms with Crippen LogP contribution < -0.4 is 19.8 Å². The summed E-state index contributed by atoms with van der Waals surface area (Å²) in [5, 5.41) is 0.644. The minimum Gasteiger partial charge on any atom is -0.493 e. The van der Waals surface area contributed by atoms with E-state index in [1.165, 1.54) is 44.6 Å². The number of benzene rings is 3. The third kappa shape index (κ3) is 4.11. The molecule has 3 aromatic carbocycles. The van der Waals surface area contributed by atoms with Gasteiger partial charge in [0.25, 0.3) is 0 Å². The predicted molar refractivity (Wildman–Crippen MR) is 112 cm³/mol. The lowest BCUT2D eigenvalue weighted by Crippen LogP contribution is -2.08. The summed E-state index contributed by atoms with van der Waals surface area (Å²) in [6.07, 6.45) is 0. The maximum Gasteiger partial charge on any atom is 0.344 e. The second-order valence-electron chi connectivity index (χ2n) is 6.61. The number of carbonyl (C=O) groups is 1. The van der Waals surface area contributed by atoms with Crippen LogP contribution in [0.15, 0.2) is 75.9 Å². The highest BCUT2D eigenvalue weighted by molar-refractivity contribution is 5.91. The number of methoxy groups -OCH3 is 2. The van der Waals surface area contributed by atoms with Crippen LogP contribution in [0.3, 0.4) is 0 Å². The molecule has 7 heteroatoms. The number of halogens is 1. The molecule has 0 fully saturated rings. The van der Waals surface area contributed by atoms with Gasteiger partial charge in [-0.15, -0.1) is 0 Å². The van der Waals surface area contributed by atoms with E-state index in [0.29, 0.717) is 28.0 Å². The largest absolute Gasteiger partial charge is 0.493 e. The van der Waals surface area contributed by atoms with Gasteiger partial charge >= 0.3 is 11.6 Å². The van der Waals surface area contributed by atoms with E-state index in [9.17, 15) is 14.0 Å². The Morgan fingerprint density at radius 3 is 2.32 bits per heavy atom. The van der Waals surface area contributed by atoms with Gasteiger partial charge in [-0.2, -0.15) is 0 Å². The molecule has 0 aliphatic carbocycles. The number of hydrogen-bond donors (Lipinski definition) is 0. The second-order valence-corrected chi connectivity index (χ2v) is 6.61. The van der Waals surface area contributed by atoms with Crippen LogP contribution in [0.4, 0.5) is 4.39 Å². The van der Waals surface area contributed by atoms with Gasteiger partial charge < -0.3 is 18.6 Å². The van der Waals surface area contributed by atoms with Gasteiger partial charge in [-0.25, -0.2) is 14.0 Å². The van der Waals surface area contributed by atoms with E-state index in [-0.39, 0.29) is 16.9 Å². The normalized spacial score (nSPS) is 10.7. The van der Waals surface area contributed by atoms with Gasteiger partial charge in [0.05, 0.1) is 25.3 Å². The van der Waals surface area contributed by atoms with E-state index in [2.05, 4.69) is 0 Å². The van der Waals surface area contributed by atoms with Crippen molar-refractivity contribution in [2.45, 2.75) is 0 Å². The van der Waals surface area contributed by atoms with Gasteiger partial charge in [0.2, 0.25) is 0 Å². The molecule has 0 unspecified atom stereocenters. The van der Waals surface area contributed by atoms with Crippen molar-refractivity contribution in [2.24, 2.45) is 0 Å². The first-order valence-electron chi connectivity index (χ1n) is 9.26. The van der Waals surface area contributed by atoms with Crippen molar-refractivity contribution in [2.75, 3.05) is 14.2 Å². The Kier molecular flexibility index (Phi) is 5.41. The molecule has 1 aromatic heterocycles. The van der Waals surface area contributed by atoms with Gasteiger partial charge in [0.1, 0.15) is 17.1 Å². The summed E-state index contributed by atoms with van der Waals surface area (Å²) in [7, 11) is 3.04. The van der Waals surface area contributed by atoms with Crippen molar-refractivity contribution < 1.29 is 27.8 Å². The molecule has 4 aromatic rings. The predicted octanol–water partition coefficient (Wildman–Crippen LogP) is 4.84. The lowest BCUT2D eigenvalue weighted by atomic mass is 10.1. The Morgan fingerprint density at radius 2 is 1.61 bits per heavy atom. The number of rotatable bonds is 5. The molecule has 0 bridgehead atoms. The Hall–Kier alpha value is -4.13. The molecule has 0 saturated carbocycles. The fraction of sp³-hybridized carbons (Fsp3) is 0.0833. The summed E-state index contributed by atoms with van der Waals surface area (Å²) in [6.45, 7) is 0. The van der Waals surface area contributed by atoms with Gasteiger partial charge in [-0.05, 0) is 60.2 Å². The van der Waals surface area contributed by atoms with E-state index < -0.39 is 17.4 Å². The van der Waals surface area contributed by atoms with Crippen LogP contribution in [-0.4, -0.2) is 20.2 Å². The Morgan fingerprint density at radius 1 is 0.871 bits per heavy atom. The molecule has 0 atom stereocenters. The fourth-order valence-electron chi connectivity index (χ4n) is 3.11. The Balaban J connectivity index is 1.66. The van der Waals surface area contributed by atoms with E-state index >= 15 is 0 Å². The smallest absolute Gasteiger partial charge is 0.344 e. The van der Waals surface area contributed by atoms with Crippen LogP contribution in [-0.2, 0) is 0 Å². The van der Waals surface area contributed by atoms with Crippen LogP contribution in [0.1, 0.15) is 10.4 Å². The number of carbonyl (C=O) groups excluding carboxylic acids is 1. The summed E-state index contributed by atoms with van der Waals surface area (Å²) in [4.78, 5) is 24.8. The van der Waals surface area contributed by atoms with Crippen LogP contribution >= 0.6 is 0 Å². The molecule has 4 rings (SSSR count). The van der Waals surface area contributed by atoms with Gasteiger partial charge in [-0.1, -0.05) is 6.07 Å². The van der Waals surface area contributed by atoms with Crippen molar-refractivity contribution in [1.82, 2.24) is 0 Å². The molecule has 0 aliphatic heterocycles. The summed E-state index contributed by atoms with van der Waals surface area (Å²) in [6, 6.07) is 16.5. The topological polar surface area (TPSA) is 75.0 Å². The zero-order chi connectivity index (χ0) is 22.0. The average molecular weight is 420 g/mol. The molecular formula is C24H17FO6. The number of ether oxygens (including phenoxy) is 3. The molecule has 1 heterocycles. The Labute approximate surface area is 176 Å². The van der Waals surface area contributed by atoms with Crippen LogP contribution in [0.25, 0.3) is 22.1 Å². The molecular weight excluding hydrogens is 403 g/mol. The highest BCUT2D eigenvalue weighted by Gasteiger charge is 2.14. The first-order valence-corrected chi connectivity index (χ1v) is 9.26. The third-order valence-electron chi connectivity index (χ3n) is 4.69. The SMILES string of the molecule is COc1ccc(-c2cc3ccc(OC(=O)c4ccc(F)cc4)cc3oc2=O)cc1OC. The first kappa shape index (κ1) is 20.2. The van der Waals surface area contributed by atoms with E-state index in [0.717, 1.165) is 0 Å². The third-order valence-corrected chi connectivity index (χ3v) is 4.69. The van der Waals surface area contributed by atoms with Crippen LogP contribution in [0, 0.1) is 5.82 Å². The monoisotopic (exact) mass is 420 g/mol. The molecule has 0 spiro atoms. The minimum atomic E-state index is -0.649. The number of fused-ring (bicyclic) bond motifs is 1. The molecule has 0 N–H and O–H groups in total. The van der Waals surface area contributed by atoms with Gasteiger partial charge in [-0.3, -0.25) is 0 Å². The molecule has 0 amide bonds. The fourth-order valence-corrected chi connectivity index (χ4v) is 3.11. The van der Waals surface area contributed by atoms with E-state index in [1.807, 2.05) is 0 Å². The lowest BCUT2D eigenvalue weighted by Gasteiger charge is -2.10. The number of hydrogen-bond acceptors (Lipinski definition) is 6. The van der Waals surface area contributed by atoms with Crippen molar-refractivity contribution in [3.8, 4) is 28.4 Å². The summed E-state index contributed by atoms with van der Waals surface area (Å²) in [5.41, 5.74) is 0.872. The standard InChI is InChI=1S/C24H17FO6/c1-28-20-10-6-15(12-22(20)29-2)19-11-16-5-9-18(13-21(16)31-24(19)27)30-23(26)14-3-7-17(25)8-4-14/h3-13H,1-2H3. The summed E-state index contributed by atoms with van der Waals surface area (Å²) in [5.74, 6) is 0.133. The van der Waals surface area contributed by atoms with Crippen LogP contribution in [0.5, 0.6) is 17.2 Å². The molecule has 6 nitrogen and oxygen atoms in total. The lowest BCUT2D eigenvalue weighted by molar-refractivity contribution is 0.0735. The van der Waals surface area contributed by atoms with Crippen molar-refractivity contribution in [3.05, 3.63) is 88.5 Å². The quantitative estimate of drug-likeness (QED) is 0.261. The van der Waals surface area contributed by atoms with Gasteiger partial charge in [0.15, 0.2) is 11.5 Å². The number of esters is 1. The van der Waals surface area contributed by atoms with Gasteiger partial charge in [0, 0.05) is 11.5 Å². The second kappa shape index (κ2) is 8.31. The minimum absolute atomic E-state index is 0.198. The Bertz CT molecular complexity index is 1320. The molecule has 0 saturated heterocycles. The maximum atomic E-state index is 13.0. The summed E-state index contributed by atoms with van der Waals surface area (Å²) < 4.78 is 34.3. The van der Waals surface area contributed by atoms with Crippen molar-refractivity contribution >= 4 is 16.9 Å². The first-order chi connectivity index (χ1) is 15.0. The highest BCUT2D eigenvalue weighted by atomic mass is 19.1. The maximum absolute atomic E-state index is 13.0. The zero-order valence-corrected chi connectivity index (χ0v) is 16.7. The van der Waals surface area contributed by atoms with Crippen LogP contribution in [0.2, 0.25) is 0 Å². The highest BCUT2D eigenvalue weighted by Crippen LogP contribution is 2.32. The zero-order valence-electron chi connectivity index (χ0n) is 16.7. The molecule has 156 valence electrons. The van der Waals surface area contributed by atoms with E-state index in [1.54, 1.807) is 36.4 Å². The molecule has 0 aliphatic rings. The molecule has 0 radical (unpaired) electrons. The van der Waals surface area contributed by atoms with Crippen molar-refractivity contribution in [3.63, 3.8) is 0 Å². The average Bonchev–Trinajstić information content (AvgIpc) is 2.78. The van der Waals surface area contributed by atoms with E-state index in [4.69, 9.17) is 18.6 Å². The summed E-state index contributed by atoms with van der Waals surface area (Å²) >= 11 is 0.